The predicted molar refractivity (Wildman–Crippen MR) is 89.6 cm³/mol. The molecule has 0 bridgehead atoms. The summed E-state index contributed by atoms with van der Waals surface area (Å²) in [7, 11) is 1.50. The van der Waals surface area contributed by atoms with Crippen LogP contribution in [0.4, 0.5) is 5.82 Å². The Balaban J connectivity index is 2.22. The highest BCUT2D eigenvalue weighted by Gasteiger charge is 2.21. The number of methoxy groups -OCH3 is 1. The van der Waals surface area contributed by atoms with E-state index >= 15 is 0 Å². The lowest BCUT2D eigenvalue weighted by Crippen LogP contribution is -2.16. The molecule has 0 N–H and O–H groups in total. The van der Waals surface area contributed by atoms with E-state index < -0.39 is 10.0 Å². The molecule has 0 saturated carbocycles. The summed E-state index contributed by atoms with van der Waals surface area (Å²) in [5.41, 5.74) is 0.563. The minimum absolute atomic E-state index is 0.198. The molecule has 7 heteroatoms. The fourth-order valence-corrected chi connectivity index (χ4v) is 3.78. The second kappa shape index (κ2) is 5.58. The summed E-state index contributed by atoms with van der Waals surface area (Å²) < 4.78 is 32.3. The third-order valence-electron chi connectivity index (χ3n) is 3.59. The van der Waals surface area contributed by atoms with Crippen LogP contribution in [0.2, 0.25) is 0 Å². The van der Waals surface area contributed by atoms with Gasteiger partial charge in [-0.1, -0.05) is 0 Å². The van der Waals surface area contributed by atoms with Crippen molar-refractivity contribution in [1.82, 2.24) is 8.96 Å². The number of hydrogen-bond acceptors (Lipinski definition) is 5. The van der Waals surface area contributed by atoms with Crippen LogP contribution in [0, 0.1) is 0 Å². The fourth-order valence-electron chi connectivity index (χ4n) is 2.43. The van der Waals surface area contributed by atoms with Crippen molar-refractivity contribution in [2.45, 2.75) is 4.90 Å². The zero-order chi connectivity index (χ0) is 16.6. The maximum absolute atomic E-state index is 13.0. The van der Waals surface area contributed by atoms with Crippen LogP contribution in [-0.4, -0.2) is 38.6 Å². The van der Waals surface area contributed by atoms with Crippen molar-refractivity contribution in [2.24, 2.45) is 0 Å². The smallest absolute Gasteiger partial charge is 0.268 e. The van der Waals surface area contributed by atoms with Crippen molar-refractivity contribution in [2.75, 3.05) is 26.1 Å². The van der Waals surface area contributed by atoms with E-state index in [0.29, 0.717) is 17.1 Å². The third-order valence-corrected chi connectivity index (χ3v) is 5.28. The molecule has 23 heavy (non-hydrogen) atoms. The number of nitrogens with zero attached hydrogens (tertiary/aromatic N) is 3. The van der Waals surface area contributed by atoms with Crippen LogP contribution >= 0.6 is 0 Å². The third kappa shape index (κ3) is 2.53. The molecule has 6 nitrogen and oxygen atoms in total. The van der Waals surface area contributed by atoms with Gasteiger partial charge in [-0.15, -0.1) is 0 Å². The minimum Gasteiger partial charge on any atom is -0.497 e. The van der Waals surface area contributed by atoms with Crippen LogP contribution < -0.4 is 9.64 Å². The van der Waals surface area contributed by atoms with E-state index in [4.69, 9.17) is 4.74 Å². The molecule has 2 aromatic heterocycles. The molecule has 0 aliphatic carbocycles. The molecule has 3 aromatic rings. The molecular formula is C16H17N3O3S. The van der Waals surface area contributed by atoms with Crippen molar-refractivity contribution in [3.05, 3.63) is 48.8 Å². The van der Waals surface area contributed by atoms with Crippen LogP contribution in [0.15, 0.2) is 53.7 Å². The van der Waals surface area contributed by atoms with Gasteiger partial charge in [0.2, 0.25) is 0 Å². The Morgan fingerprint density at radius 2 is 1.78 bits per heavy atom. The maximum Gasteiger partial charge on any atom is 0.268 e. The van der Waals surface area contributed by atoms with Crippen LogP contribution in [0.5, 0.6) is 5.75 Å². The zero-order valence-electron chi connectivity index (χ0n) is 13.1. The molecule has 3 rings (SSSR count). The second-order valence-electron chi connectivity index (χ2n) is 5.26. The van der Waals surface area contributed by atoms with Crippen molar-refractivity contribution in [1.29, 1.82) is 0 Å². The molecule has 0 fully saturated rings. The van der Waals surface area contributed by atoms with Gasteiger partial charge in [0.05, 0.1) is 12.0 Å². The summed E-state index contributed by atoms with van der Waals surface area (Å²) in [6.45, 7) is 0. The molecule has 0 amide bonds. The van der Waals surface area contributed by atoms with Crippen LogP contribution in [-0.2, 0) is 10.0 Å². The SMILES string of the molecule is COc1ccc(S(=O)(=O)n2ccc3ccnc(N(C)C)c32)cc1. The summed E-state index contributed by atoms with van der Waals surface area (Å²) in [6.07, 6.45) is 3.22. The van der Waals surface area contributed by atoms with Gasteiger partial charge in [0, 0.05) is 31.9 Å². The van der Waals surface area contributed by atoms with Crippen molar-refractivity contribution in [3.63, 3.8) is 0 Å². The van der Waals surface area contributed by atoms with Gasteiger partial charge in [0.1, 0.15) is 11.3 Å². The molecule has 0 radical (unpaired) electrons. The topological polar surface area (TPSA) is 64.4 Å². The van der Waals surface area contributed by atoms with Gasteiger partial charge in [-0.05, 0) is 36.4 Å². The number of hydrogen-bond donors (Lipinski definition) is 0. The van der Waals surface area contributed by atoms with Gasteiger partial charge in [0.15, 0.2) is 5.82 Å². The predicted octanol–water partition coefficient (Wildman–Crippen LogP) is 2.35. The highest BCUT2D eigenvalue weighted by molar-refractivity contribution is 7.90. The Bertz CT molecular complexity index is 944. The Kier molecular flexibility index (Phi) is 3.73. The number of anilines is 1. The molecular weight excluding hydrogens is 314 g/mol. The van der Waals surface area contributed by atoms with Crippen molar-refractivity contribution < 1.29 is 13.2 Å². The second-order valence-corrected chi connectivity index (χ2v) is 7.07. The number of ether oxygens (including phenoxy) is 1. The van der Waals surface area contributed by atoms with Gasteiger partial charge in [0.25, 0.3) is 10.0 Å². The van der Waals surface area contributed by atoms with Crippen molar-refractivity contribution in [3.8, 4) is 5.75 Å². The lowest BCUT2D eigenvalue weighted by molar-refractivity contribution is 0.414. The van der Waals surface area contributed by atoms with E-state index in [1.807, 2.05) is 14.1 Å². The molecule has 120 valence electrons. The molecule has 0 spiro atoms. The molecule has 2 heterocycles. The van der Waals surface area contributed by atoms with Gasteiger partial charge in [-0.3, -0.25) is 0 Å². The van der Waals surface area contributed by atoms with E-state index in [1.165, 1.54) is 23.2 Å². The number of benzene rings is 1. The molecule has 1 aromatic carbocycles. The monoisotopic (exact) mass is 331 g/mol. The zero-order valence-corrected chi connectivity index (χ0v) is 13.9. The van der Waals surface area contributed by atoms with E-state index in [2.05, 4.69) is 4.98 Å². The molecule has 0 aliphatic heterocycles. The number of rotatable bonds is 4. The summed E-state index contributed by atoms with van der Waals surface area (Å²) in [5, 5.41) is 0.820. The molecule has 0 saturated heterocycles. The van der Waals surface area contributed by atoms with Gasteiger partial charge in [-0.2, -0.15) is 0 Å². The summed E-state index contributed by atoms with van der Waals surface area (Å²) in [6, 6.07) is 9.89. The fraction of sp³-hybridized carbons (Fsp3) is 0.188. The Hall–Kier alpha value is -2.54. The van der Waals surface area contributed by atoms with Crippen LogP contribution in [0.25, 0.3) is 10.9 Å². The number of fused-ring (bicyclic) bond motifs is 1. The first-order chi connectivity index (χ1) is 10.9. The lowest BCUT2D eigenvalue weighted by Gasteiger charge is -2.15. The van der Waals surface area contributed by atoms with Crippen molar-refractivity contribution >= 4 is 26.7 Å². The Morgan fingerprint density at radius 3 is 2.39 bits per heavy atom. The van der Waals surface area contributed by atoms with Crippen LogP contribution in [0.1, 0.15) is 0 Å². The Morgan fingerprint density at radius 1 is 1.09 bits per heavy atom. The first-order valence-corrected chi connectivity index (χ1v) is 8.42. The average molecular weight is 331 g/mol. The first kappa shape index (κ1) is 15.4. The molecule has 0 unspecified atom stereocenters. The molecule has 0 atom stereocenters. The van der Waals surface area contributed by atoms with E-state index in [9.17, 15) is 8.42 Å². The van der Waals surface area contributed by atoms with E-state index in [-0.39, 0.29) is 4.90 Å². The standard InChI is InChI=1S/C16H17N3O3S/c1-18(2)16-15-12(8-10-17-16)9-11-19(15)23(20,21)14-6-4-13(22-3)5-7-14/h4-11H,1-3H3. The normalized spacial score (nSPS) is 11.6. The summed E-state index contributed by atoms with van der Waals surface area (Å²) in [4.78, 5) is 6.29. The van der Waals surface area contributed by atoms with Gasteiger partial charge in [-0.25, -0.2) is 17.4 Å². The minimum atomic E-state index is -3.71. The van der Waals surface area contributed by atoms with E-state index in [1.54, 1.807) is 41.6 Å². The highest BCUT2D eigenvalue weighted by atomic mass is 32.2. The first-order valence-electron chi connectivity index (χ1n) is 6.98. The lowest BCUT2D eigenvalue weighted by atomic mass is 10.3. The summed E-state index contributed by atoms with van der Waals surface area (Å²) >= 11 is 0. The van der Waals surface area contributed by atoms with E-state index in [0.717, 1.165) is 5.39 Å². The maximum atomic E-state index is 13.0. The summed E-state index contributed by atoms with van der Waals surface area (Å²) in [5.74, 6) is 1.21. The van der Waals surface area contributed by atoms with Gasteiger partial charge >= 0.3 is 0 Å². The average Bonchev–Trinajstić information content (AvgIpc) is 2.99. The number of pyridine rings is 1. The van der Waals surface area contributed by atoms with Crippen LogP contribution in [0.3, 0.4) is 0 Å². The molecule has 0 aliphatic rings. The highest BCUT2D eigenvalue weighted by Crippen LogP contribution is 2.28. The quantitative estimate of drug-likeness (QED) is 0.734. The largest absolute Gasteiger partial charge is 0.497 e. The van der Waals surface area contributed by atoms with Gasteiger partial charge < -0.3 is 9.64 Å². The Labute approximate surface area is 135 Å². The number of aromatic nitrogens is 2.